The molecule has 0 bridgehead atoms. The summed E-state index contributed by atoms with van der Waals surface area (Å²) in [7, 11) is 0. The lowest BCUT2D eigenvalue weighted by Gasteiger charge is -2.29. The van der Waals surface area contributed by atoms with Gasteiger partial charge in [0.2, 0.25) is 6.79 Å². The van der Waals surface area contributed by atoms with Crippen LogP contribution in [0.15, 0.2) is 42.5 Å². The van der Waals surface area contributed by atoms with Gasteiger partial charge in [-0.05, 0) is 43.5 Å². The maximum absolute atomic E-state index is 12.5. The molecule has 0 aromatic heterocycles. The smallest absolute Gasteiger partial charge is 0.317 e. The highest BCUT2D eigenvalue weighted by Crippen LogP contribution is 2.42. The van der Waals surface area contributed by atoms with Gasteiger partial charge in [-0.1, -0.05) is 17.7 Å². The Morgan fingerprint density at radius 1 is 1.38 bits per heavy atom. The van der Waals surface area contributed by atoms with Crippen molar-refractivity contribution in [2.45, 2.75) is 25.7 Å². The van der Waals surface area contributed by atoms with E-state index in [9.17, 15) is 9.59 Å². The first-order chi connectivity index (χ1) is 11.6. The Bertz CT molecular complexity index is 704. The standard InChI is InChI=1S/C19H20O5/c1-3-5-12-8-14(18(15(20)9-12)19(21)22-4-2)13-6-7-16-17(10-13)24-11-23-16/h3,6-7,9-10,14,18H,1,4-5,8,11H2,2H3. The molecule has 0 spiro atoms. The van der Waals surface area contributed by atoms with Crippen LogP contribution in [-0.2, 0) is 14.3 Å². The predicted molar refractivity (Wildman–Crippen MR) is 88.0 cm³/mol. The minimum absolute atomic E-state index is 0.186. The molecule has 0 saturated carbocycles. The molecule has 0 radical (unpaired) electrons. The average Bonchev–Trinajstić information content (AvgIpc) is 3.02. The Morgan fingerprint density at radius 3 is 2.92 bits per heavy atom. The monoisotopic (exact) mass is 328 g/mol. The zero-order chi connectivity index (χ0) is 17.1. The fourth-order valence-corrected chi connectivity index (χ4v) is 3.24. The van der Waals surface area contributed by atoms with Crippen LogP contribution in [0.5, 0.6) is 11.5 Å². The molecule has 1 aromatic rings. The van der Waals surface area contributed by atoms with Gasteiger partial charge >= 0.3 is 5.97 Å². The summed E-state index contributed by atoms with van der Waals surface area (Å²) in [6.45, 7) is 5.90. The van der Waals surface area contributed by atoms with Crippen LogP contribution in [-0.4, -0.2) is 25.2 Å². The number of benzene rings is 1. The minimum Gasteiger partial charge on any atom is -0.465 e. The Kier molecular flexibility index (Phi) is 4.69. The number of allylic oxidation sites excluding steroid dienone is 3. The predicted octanol–water partition coefficient (Wildman–Crippen LogP) is 3.15. The van der Waals surface area contributed by atoms with Crippen LogP contribution in [0, 0.1) is 5.92 Å². The van der Waals surface area contributed by atoms with Crippen molar-refractivity contribution in [3.05, 3.63) is 48.1 Å². The van der Waals surface area contributed by atoms with Crippen molar-refractivity contribution in [1.82, 2.24) is 0 Å². The third kappa shape index (κ3) is 3.07. The zero-order valence-electron chi connectivity index (χ0n) is 13.6. The van der Waals surface area contributed by atoms with E-state index < -0.39 is 11.9 Å². The number of carbonyl (C=O) groups excluding carboxylic acids is 2. The summed E-state index contributed by atoms with van der Waals surface area (Å²) in [6, 6.07) is 5.55. The van der Waals surface area contributed by atoms with Crippen LogP contribution in [0.4, 0.5) is 0 Å². The number of ketones is 1. The van der Waals surface area contributed by atoms with Crippen molar-refractivity contribution in [1.29, 1.82) is 0 Å². The normalized spacial score (nSPS) is 22.0. The molecule has 24 heavy (non-hydrogen) atoms. The Morgan fingerprint density at radius 2 is 2.17 bits per heavy atom. The van der Waals surface area contributed by atoms with Gasteiger partial charge in [-0.15, -0.1) is 6.58 Å². The fraction of sp³-hybridized carbons (Fsp3) is 0.368. The molecular weight excluding hydrogens is 308 g/mol. The molecule has 2 unspecified atom stereocenters. The van der Waals surface area contributed by atoms with E-state index in [0.29, 0.717) is 24.3 Å². The first-order valence-electron chi connectivity index (χ1n) is 8.04. The van der Waals surface area contributed by atoms with E-state index >= 15 is 0 Å². The SMILES string of the molecule is C=CCC1=CC(=O)C(C(=O)OCC)C(c2ccc3c(c2)OCO3)C1. The third-order valence-electron chi connectivity index (χ3n) is 4.31. The number of carbonyl (C=O) groups is 2. The zero-order valence-corrected chi connectivity index (χ0v) is 13.6. The lowest BCUT2D eigenvalue weighted by molar-refractivity contribution is -0.151. The van der Waals surface area contributed by atoms with Gasteiger partial charge in [0.1, 0.15) is 5.92 Å². The summed E-state index contributed by atoms with van der Waals surface area (Å²) >= 11 is 0. The van der Waals surface area contributed by atoms with Crippen LogP contribution < -0.4 is 9.47 Å². The molecule has 0 saturated heterocycles. The van der Waals surface area contributed by atoms with Gasteiger partial charge < -0.3 is 14.2 Å². The first-order valence-corrected chi connectivity index (χ1v) is 8.04. The molecule has 0 fully saturated rings. The van der Waals surface area contributed by atoms with Crippen molar-refractivity contribution in [2.75, 3.05) is 13.4 Å². The number of rotatable bonds is 5. The molecule has 0 amide bonds. The summed E-state index contributed by atoms with van der Waals surface area (Å²) in [4.78, 5) is 24.9. The van der Waals surface area contributed by atoms with Gasteiger partial charge in [-0.3, -0.25) is 9.59 Å². The van der Waals surface area contributed by atoms with E-state index in [1.54, 1.807) is 19.1 Å². The number of fused-ring (bicyclic) bond motifs is 1. The highest BCUT2D eigenvalue weighted by molar-refractivity contribution is 6.07. The number of ether oxygens (including phenoxy) is 3. The molecular formula is C19H20O5. The third-order valence-corrected chi connectivity index (χ3v) is 4.31. The Balaban J connectivity index is 1.97. The van der Waals surface area contributed by atoms with Crippen molar-refractivity contribution in [3.63, 3.8) is 0 Å². The van der Waals surface area contributed by atoms with Crippen molar-refractivity contribution in [3.8, 4) is 11.5 Å². The summed E-state index contributed by atoms with van der Waals surface area (Å²) in [6.07, 6.45) is 4.57. The second-order valence-electron chi connectivity index (χ2n) is 5.85. The molecule has 5 nitrogen and oxygen atoms in total. The van der Waals surface area contributed by atoms with Gasteiger partial charge in [0.25, 0.3) is 0 Å². The van der Waals surface area contributed by atoms with Crippen LogP contribution in [0.25, 0.3) is 0 Å². The number of esters is 1. The second-order valence-corrected chi connectivity index (χ2v) is 5.85. The molecule has 1 heterocycles. The highest BCUT2D eigenvalue weighted by Gasteiger charge is 2.39. The second kappa shape index (κ2) is 6.91. The molecule has 3 rings (SSSR count). The molecule has 2 atom stereocenters. The van der Waals surface area contributed by atoms with Gasteiger partial charge in [0, 0.05) is 5.92 Å². The summed E-state index contributed by atoms with van der Waals surface area (Å²) < 4.78 is 15.9. The molecule has 1 aliphatic heterocycles. The number of hydrogen-bond acceptors (Lipinski definition) is 5. The van der Waals surface area contributed by atoms with E-state index in [1.165, 1.54) is 0 Å². The highest BCUT2D eigenvalue weighted by atomic mass is 16.7. The van der Waals surface area contributed by atoms with Gasteiger partial charge in [-0.2, -0.15) is 0 Å². The van der Waals surface area contributed by atoms with Gasteiger partial charge in [-0.25, -0.2) is 0 Å². The van der Waals surface area contributed by atoms with E-state index in [1.807, 2.05) is 18.2 Å². The summed E-state index contributed by atoms with van der Waals surface area (Å²) in [5.41, 5.74) is 1.85. The Hall–Kier alpha value is -2.56. The largest absolute Gasteiger partial charge is 0.465 e. The lowest BCUT2D eigenvalue weighted by atomic mass is 9.74. The molecule has 5 heteroatoms. The summed E-state index contributed by atoms with van der Waals surface area (Å²) in [5.74, 6) is -0.457. The maximum atomic E-state index is 12.5. The van der Waals surface area contributed by atoms with Crippen LogP contribution in [0.3, 0.4) is 0 Å². The first kappa shape index (κ1) is 16.3. The summed E-state index contributed by atoms with van der Waals surface area (Å²) in [5, 5.41) is 0. The molecule has 126 valence electrons. The van der Waals surface area contributed by atoms with Crippen molar-refractivity contribution >= 4 is 11.8 Å². The average molecular weight is 328 g/mol. The van der Waals surface area contributed by atoms with Crippen molar-refractivity contribution < 1.29 is 23.8 Å². The maximum Gasteiger partial charge on any atom is 0.317 e. The van der Waals surface area contributed by atoms with Crippen LogP contribution in [0.1, 0.15) is 31.2 Å². The topological polar surface area (TPSA) is 61.8 Å². The van der Waals surface area contributed by atoms with Gasteiger partial charge in [0.15, 0.2) is 17.3 Å². The number of hydrogen-bond donors (Lipinski definition) is 0. The lowest BCUT2D eigenvalue weighted by Crippen LogP contribution is -2.34. The minimum atomic E-state index is -0.820. The van der Waals surface area contributed by atoms with Gasteiger partial charge in [0.05, 0.1) is 6.61 Å². The molecule has 1 aromatic carbocycles. The van der Waals surface area contributed by atoms with E-state index in [2.05, 4.69) is 6.58 Å². The Labute approximate surface area is 140 Å². The molecule has 2 aliphatic rings. The van der Waals surface area contributed by atoms with E-state index in [-0.39, 0.29) is 25.1 Å². The quantitative estimate of drug-likeness (QED) is 0.472. The van der Waals surface area contributed by atoms with Crippen LogP contribution in [0.2, 0.25) is 0 Å². The molecule has 0 N–H and O–H groups in total. The van der Waals surface area contributed by atoms with E-state index in [0.717, 1.165) is 11.1 Å². The van der Waals surface area contributed by atoms with E-state index in [4.69, 9.17) is 14.2 Å². The van der Waals surface area contributed by atoms with Crippen LogP contribution >= 0.6 is 0 Å². The molecule has 1 aliphatic carbocycles. The fourth-order valence-electron chi connectivity index (χ4n) is 3.24. The van der Waals surface area contributed by atoms with Crippen molar-refractivity contribution in [2.24, 2.45) is 5.92 Å².